The summed E-state index contributed by atoms with van der Waals surface area (Å²) in [6.45, 7) is 7.83. The quantitative estimate of drug-likeness (QED) is 0.101. The number of ether oxygens (including phenoxy) is 2. The zero-order valence-corrected chi connectivity index (χ0v) is 22.8. The van der Waals surface area contributed by atoms with Gasteiger partial charge in [0.1, 0.15) is 12.3 Å². The van der Waals surface area contributed by atoms with E-state index in [1.54, 1.807) is 6.92 Å². The molecule has 0 aliphatic rings. The molecule has 0 radical (unpaired) electrons. The van der Waals surface area contributed by atoms with Gasteiger partial charge in [0.15, 0.2) is 0 Å². The molecule has 4 heteroatoms. The molecule has 0 saturated heterocycles. The average Bonchev–Trinajstić information content (AvgIpc) is 2.83. The van der Waals surface area contributed by atoms with Crippen LogP contribution >= 0.6 is 0 Å². The van der Waals surface area contributed by atoms with E-state index >= 15 is 0 Å². The Labute approximate surface area is 214 Å². The van der Waals surface area contributed by atoms with Crippen molar-refractivity contribution in [1.29, 1.82) is 0 Å². The predicted octanol–water partition coefficient (Wildman–Crippen LogP) is 7.55. The molecular formula is C31H48NO3+. The van der Waals surface area contributed by atoms with E-state index in [0.29, 0.717) is 0 Å². The number of carbonyl (C=O) groups excluding carboxylic acids is 1. The molecule has 2 aromatic carbocycles. The van der Waals surface area contributed by atoms with Crippen LogP contribution in [-0.2, 0) is 22.5 Å². The van der Waals surface area contributed by atoms with E-state index in [4.69, 9.17) is 9.47 Å². The molecule has 0 N–H and O–H groups in total. The lowest BCUT2D eigenvalue weighted by Gasteiger charge is -2.31. The van der Waals surface area contributed by atoms with Crippen molar-refractivity contribution in [1.82, 2.24) is 0 Å². The van der Waals surface area contributed by atoms with E-state index in [1.807, 2.05) is 25.1 Å². The van der Waals surface area contributed by atoms with Crippen LogP contribution in [0.15, 0.2) is 54.6 Å². The maximum atomic E-state index is 12.6. The highest BCUT2D eigenvalue weighted by Gasteiger charge is 2.23. The van der Waals surface area contributed by atoms with Crippen LogP contribution in [0.5, 0.6) is 5.75 Å². The lowest BCUT2D eigenvalue weighted by molar-refractivity contribution is -0.904. The van der Waals surface area contributed by atoms with Gasteiger partial charge in [-0.2, -0.15) is 0 Å². The number of nitrogens with zero attached hydrogens (tertiary/aromatic N) is 1. The zero-order valence-electron chi connectivity index (χ0n) is 22.8. The maximum absolute atomic E-state index is 12.6. The van der Waals surface area contributed by atoms with Crippen molar-refractivity contribution in [2.24, 2.45) is 5.92 Å². The Morgan fingerprint density at radius 3 is 2.11 bits per heavy atom. The molecule has 0 aliphatic carbocycles. The lowest BCUT2D eigenvalue weighted by atomic mass is 10.0. The van der Waals surface area contributed by atoms with Crippen LogP contribution in [-0.4, -0.2) is 37.4 Å². The maximum Gasteiger partial charge on any atom is 0.311 e. The van der Waals surface area contributed by atoms with Gasteiger partial charge in [0.25, 0.3) is 0 Å². The highest BCUT2D eigenvalue weighted by Crippen LogP contribution is 2.18. The second kappa shape index (κ2) is 15.6. The summed E-state index contributed by atoms with van der Waals surface area (Å²) in [5.41, 5.74) is 2.64. The van der Waals surface area contributed by atoms with E-state index in [0.717, 1.165) is 36.2 Å². The number of quaternary nitrogens is 1. The summed E-state index contributed by atoms with van der Waals surface area (Å²) >= 11 is 0. The molecule has 0 aromatic heterocycles. The molecule has 4 nitrogen and oxygen atoms in total. The molecule has 2 aromatic rings. The highest BCUT2D eigenvalue weighted by molar-refractivity contribution is 5.72. The molecule has 0 amide bonds. The van der Waals surface area contributed by atoms with E-state index in [-0.39, 0.29) is 11.9 Å². The average molecular weight is 483 g/mol. The van der Waals surface area contributed by atoms with E-state index in [1.165, 1.54) is 56.1 Å². The Hall–Kier alpha value is -2.33. The fraction of sp³-hybridized carbons (Fsp3) is 0.581. The Morgan fingerprint density at radius 2 is 1.46 bits per heavy atom. The molecular weight excluding hydrogens is 434 g/mol. The standard InChI is InChI=1S/C31H48NO3/c1-6-7-8-9-10-11-13-16-28-19-21-30(22-20-28)34-27(3)35-31(33)26(2)23-24-32(4,5)25-29-17-14-12-15-18-29/h12,14-15,17-22,26-27H,6-11,13,16,23-25H2,1-5H3/q+1. The number of unbranched alkanes of at least 4 members (excludes halogenated alkanes) is 6. The van der Waals surface area contributed by atoms with Gasteiger partial charge >= 0.3 is 5.97 Å². The summed E-state index contributed by atoms with van der Waals surface area (Å²) in [6.07, 6.45) is 10.5. The van der Waals surface area contributed by atoms with Gasteiger partial charge in [-0.05, 0) is 30.5 Å². The number of hydrogen-bond donors (Lipinski definition) is 0. The Balaban J connectivity index is 1.67. The van der Waals surface area contributed by atoms with Crippen molar-refractivity contribution in [2.45, 2.75) is 91.4 Å². The predicted molar refractivity (Wildman–Crippen MR) is 145 cm³/mol. The third-order valence-electron chi connectivity index (χ3n) is 6.60. The Bertz CT molecular complexity index is 832. The first-order valence-electron chi connectivity index (χ1n) is 13.6. The van der Waals surface area contributed by atoms with E-state index in [2.05, 4.69) is 57.4 Å². The number of esters is 1. The van der Waals surface area contributed by atoms with Crippen LogP contribution in [0.25, 0.3) is 0 Å². The second-order valence-corrected chi connectivity index (χ2v) is 10.6. The summed E-state index contributed by atoms with van der Waals surface area (Å²) in [5, 5.41) is 0. The molecule has 0 heterocycles. The van der Waals surface area contributed by atoms with Gasteiger partial charge < -0.3 is 14.0 Å². The number of rotatable bonds is 17. The van der Waals surface area contributed by atoms with Gasteiger partial charge in [-0.15, -0.1) is 0 Å². The van der Waals surface area contributed by atoms with Crippen molar-refractivity contribution in [3.05, 3.63) is 65.7 Å². The van der Waals surface area contributed by atoms with E-state index < -0.39 is 6.29 Å². The number of benzene rings is 2. The van der Waals surface area contributed by atoms with Crippen LogP contribution in [0, 0.1) is 5.92 Å². The normalized spacial score (nSPS) is 13.3. The summed E-state index contributed by atoms with van der Waals surface area (Å²) in [6, 6.07) is 18.7. The Kier molecular flexibility index (Phi) is 12.9. The number of hydrogen-bond acceptors (Lipinski definition) is 3. The summed E-state index contributed by atoms with van der Waals surface area (Å²) < 4.78 is 12.3. The minimum atomic E-state index is -0.606. The first-order valence-corrected chi connectivity index (χ1v) is 13.6. The van der Waals surface area contributed by atoms with Gasteiger partial charge in [-0.1, -0.05) is 94.8 Å². The first kappa shape index (κ1) is 28.9. The van der Waals surface area contributed by atoms with Crippen LogP contribution in [0.1, 0.15) is 83.3 Å². The van der Waals surface area contributed by atoms with Crippen LogP contribution in [0.3, 0.4) is 0 Å². The molecule has 2 atom stereocenters. The zero-order chi connectivity index (χ0) is 25.5. The van der Waals surface area contributed by atoms with Gasteiger partial charge in [0.2, 0.25) is 6.29 Å². The molecule has 0 spiro atoms. The molecule has 194 valence electrons. The molecule has 2 rings (SSSR count). The van der Waals surface area contributed by atoms with E-state index in [9.17, 15) is 4.79 Å². The third kappa shape index (κ3) is 12.3. The summed E-state index contributed by atoms with van der Waals surface area (Å²) in [4.78, 5) is 12.6. The molecule has 0 bridgehead atoms. The van der Waals surface area contributed by atoms with Crippen LogP contribution in [0.2, 0.25) is 0 Å². The topological polar surface area (TPSA) is 35.5 Å². The van der Waals surface area contributed by atoms with Crippen molar-refractivity contribution in [3.8, 4) is 5.75 Å². The van der Waals surface area contributed by atoms with Crippen LogP contribution in [0.4, 0.5) is 0 Å². The van der Waals surface area contributed by atoms with Gasteiger partial charge in [0.05, 0.1) is 26.6 Å². The monoisotopic (exact) mass is 482 g/mol. The Morgan fingerprint density at radius 1 is 0.829 bits per heavy atom. The molecule has 2 unspecified atom stereocenters. The van der Waals surface area contributed by atoms with Crippen molar-refractivity contribution in [3.63, 3.8) is 0 Å². The molecule has 0 aliphatic heterocycles. The fourth-order valence-corrected chi connectivity index (χ4v) is 4.33. The molecule has 35 heavy (non-hydrogen) atoms. The third-order valence-corrected chi connectivity index (χ3v) is 6.60. The lowest BCUT2D eigenvalue weighted by Crippen LogP contribution is -2.41. The summed E-state index contributed by atoms with van der Waals surface area (Å²) in [5.74, 6) is 0.369. The SMILES string of the molecule is CCCCCCCCCc1ccc(OC(C)OC(=O)C(C)CC[N+](C)(C)Cc2ccccc2)cc1. The molecule has 0 fully saturated rings. The molecule has 0 saturated carbocycles. The summed E-state index contributed by atoms with van der Waals surface area (Å²) in [7, 11) is 4.40. The van der Waals surface area contributed by atoms with Gasteiger partial charge in [-0.25, -0.2) is 0 Å². The minimum absolute atomic E-state index is 0.168. The van der Waals surface area contributed by atoms with Crippen LogP contribution < -0.4 is 4.74 Å². The smallest absolute Gasteiger partial charge is 0.311 e. The second-order valence-electron chi connectivity index (χ2n) is 10.6. The van der Waals surface area contributed by atoms with Crippen molar-refractivity contribution >= 4 is 5.97 Å². The van der Waals surface area contributed by atoms with Crippen molar-refractivity contribution < 1.29 is 18.8 Å². The first-order chi connectivity index (χ1) is 16.8. The fourth-order valence-electron chi connectivity index (χ4n) is 4.33. The number of carbonyl (C=O) groups is 1. The largest absolute Gasteiger partial charge is 0.455 e. The van der Waals surface area contributed by atoms with Gasteiger partial charge in [0, 0.05) is 18.9 Å². The highest BCUT2D eigenvalue weighted by atomic mass is 16.7. The van der Waals surface area contributed by atoms with Crippen molar-refractivity contribution in [2.75, 3.05) is 20.6 Å². The minimum Gasteiger partial charge on any atom is -0.455 e. The van der Waals surface area contributed by atoms with Gasteiger partial charge in [-0.3, -0.25) is 4.79 Å². The number of aryl methyl sites for hydroxylation is 1.